The molecule has 1 aliphatic rings. The Kier molecular flexibility index (Phi) is 6.95. The predicted octanol–water partition coefficient (Wildman–Crippen LogP) is 3.64. The Balaban J connectivity index is 1.60. The molecule has 1 heterocycles. The maximum absolute atomic E-state index is 13.1. The fraction of sp³-hybridized carbons (Fsp3) is 0.417. The maximum atomic E-state index is 13.1. The first-order chi connectivity index (χ1) is 14.7. The summed E-state index contributed by atoms with van der Waals surface area (Å²) >= 11 is 0. The van der Waals surface area contributed by atoms with E-state index in [1.165, 1.54) is 12.1 Å². The number of halogens is 1. The van der Waals surface area contributed by atoms with Crippen LogP contribution in [-0.2, 0) is 11.3 Å². The maximum Gasteiger partial charge on any atom is 0.335 e. The molecule has 0 radical (unpaired) electrons. The number of hydrogen-bond acceptors (Lipinski definition) is 4. The lowest BCUT2D eigenvalue weighted by atomic mass is 10.1. The van der Waals surface area contributed by atoms with Crippen LogP contribution >= 0.6 is 0 Å². The highest BCUT2D eigenvalue weighted by atomic mass is 19.1. The molecule has 6 nitrogen and oxygen atoms in total. The summed E-state index contributed by atoms with van der Waals surface area (Å²) in [4.78, 5) is 28.2. The molecule has 1 amide bonds. The number of nitrogens with zero attached hydrogens (tertiary/aromatic N) is 2. The number of benzene rings is 2. The van der Waals surface area contributed by atoms with Crippen LogP contribution in [0, 0.1) is 19.7 Å². The number of carbonyl (C=O) groups excluding carboxylic acids is 1. The van der Waals surface area contributed by atoms with Crippen LogP contribution in [0.5, 0.6) is 5.75 Å². The zero-order valence-corrected chi connectivity index (χ0v) is 18.4. The molecule has 0 spiro atoms. The summed E-state index contributed by atoms with van der Waals surface area (Å²) in [5.41, 5.74) is 2.62. The number of aryl methyl sites for hydroxylation is 2. The zero-order chi connectivity index (χ0) is 22.7. The number of carboxylic acid groups (broad SMARTS) is 1. The quantitative estimate of drug-likeness (QED) is 0.761. The normalized spacial score (nSPS) is 19.3. The molecule has 0 bridgehead atoms. The second-order valence-corrected chi connectivity index (χ2v) is 8.33. The molecular formula is C24H29FN2O4. The summed E-state index contributed by atoms with van der Waals surface area (Å²) in [7, 11) is 0. The highest BCUT2D eigenvalue weighted by Crippen LogP contribution is 2.25. The molecule has 166 valence electrons. The van der Waals surface area contributed by atoms with Crippen molar-refractivity contribution in [3.05, 3.63) is 64.5 Å². The minimum atomic E-state index is -0.991. The highest BCUT2D eigenvalue weighted by Gasteiger charge is 2.32. The van der Waals surface area contributed by atoms with Crippen molar-refractivity contribution >= 4 is 11.9 Å². The van der Waals surface area contributed by atoms with Gasteiger partial charge in [0.2, 0.25) is 0 Å². The molecule has 1 N–H and O–H groups in total. The van der Waals surface area contributed by atoms with Crippen molar-refractivity contribution in [1.29, 1.82) is 0 Å². The van der Waals surface area contributed by atoms with Gasteiger partial charge < -0.3 is 14.7 Å². The van der Waals surface area contributed by atoms with Crippen LogP contribution in [0.25, 0.3) is 0 Å². The van der Waals surface area contributed by atoms with E-state index in [4.69, 9.17) is 4.74 Å². The summed E-state index contributed by atoms with van der Waals surface area (Å²) in [5.74, 6) is -0.783. The third-order valence-corrected chi connectivity index (χ3v) is 5.78. The summed E-state index contributed by atoms with van der Waals surface area (Å²) in [6.45, 7) is 9.56. The average Bonchev–Trinajstić information content (AvgIpc) is 2.71. The van der Waals surface area contributed by atoms with Gasteiger partial charge in [0.25, 0.3) is 5.91 Å². The summed E-state index contributed by atoms with van der Waals surface area (Å²) < 4.78 is 18.9. The highest BCUT2D eigenvalue weighted by molar-refractivity contribution is 5.88. The molecule has 2 unspecified atom stereocenters. The molecule has 1 fully saturated rings. The molecular weight excluding hydrogens is 399 g/mol. The van der Waals surface area contributed by atoms with Crippen molar-refractivity contribution in [2.75, 3.05) is 19.7 Å². The van der Waals surface area contributed by atoms with Crippen LogP contribution in [0.3, 0.4) is 0 Å². The number of amides is 1. The zero-order valence-electron chi connectivity index (χ0n) is 18.4. The minimum absolute atomic E-state index is 0.0179. The van der Waals surface area contributed by atoms with Crippen molar-refractivity contribution in [3.8, 4) is 5.75 Å². The molecule has 2 aromatic rings. The molecule has 0 aliphatic carbocycles. The Labute approximate surface area is 182 Å². The van der Waals surface area contributed by atoms with Gasteiger partial charge in [0.15, 0.2) is 6.61 Å². The van der Waals surface area contributed by atoms with Gasteiger partial charge in [0.1, 0.15) is 11.6 Å². The van der Waals surface area contributed by atoms with Crippen molar-refractivity contribution in [2.45, 2.75) is 46.3 Å². The lowest BCUT2D eigenvalue weighted by Gasteiger charge is -2.44. The van der Waals surface area contributed by atoms with Gasteiger partial charge in [-0.05, 0) is 68.7 Å². The third-order valence-electron chi connectivity index (χ3n) is 5.78. The largest absolute Gasteiger partial charge is 0.483 e. The Morgan fingerprint density at radius 1 is 1.06 bits per heavy atom. The summed E-state index contributed by atoms with van der Waals surface area (Å²) in [6, 6.07) is 9.78. The van der Waals surface area contributed by atoms with Crippen molar-refractivity contribution in [3.63, 3.8) is 0 Å². The van der Waals surface area contributed by atoms with Gasteiger partial charge in [-0.25, -0.2) is 9.18 Å². The second-order valence-electron chi connectivity index (χ2n) is 8.33. The van der Waals surface area contributed by atoms with Crippen molar-refractivity contribution < 1.29 is 23.8 Å². The molecule has 7 heteroatoms. The molecule has 1 saturated heterocycles. The molecule has 31 heavy (non-hydrogen) atoms. The lowest BCUT2D eigenvalue weighted by molar-refractivity contribution is -0.139. The fourth-order valence-electron chi connectivity index (χ4n) is 4.11. The van der Waals surface area contributed by atoms with E-state index in [2.05, 4.69) is 11.8 Å². The number of hydrogen-bond donors (Lipinski definition) is 1. The Morgan fingerprint density at radius 2 is 1.68 bits per heavy atom. The van der Waals surface area contributed by atoms with Gasteiger partial charge in [0, 0.05) is 31.7 Å². The van der Waals surface area contributed by atoms with Crippen LogP contribution in [0.4, 0.5) is 4.39 Å². The van der Waals surface area contributed by atoms with E-state index in [-0.39, 0.29) is 36.0 Å². The van der Waals surface area contributed by atoms with Crippen molar-refractivity contribution in [1.82, 2.24) is 9.80 Å². The Hall–Kier alpha value is -2.93. The van der Waals surface area contributed by atoms with Gasteiger partial charge in [-0.2, -0.15) is 0 Å². The number of piperazine rings is 1. The Bertz CT molecular complexity index is 938. The molecule has 0 saturated carbocycles. The van der Waals surface area contributed by atoms with Crippen LogP contribution in [0.15, 0.2) is 36.4 Å². The number of ether oxygens (including phenoxy) is 1. The number of carbonyl (C=O) groups is 2. The number of rotatable bonds is 6. The first kappa shape index (κ1) is 22.7. The van der Waals surface area contributed by atoms with E-state index in [0.29, 0.717) is 30.0 Å². The van der Waals surface area contributed by atoms with Gasteiger partial charge in [-0.1, -0.05) is 12.1 Å². The summed E-state index contributed by atoms with van der Waals surface area (Å²) in [5, 5.41) is 9.17. The van der Waals surface area contributed by atoms with Gasteiger partial charge >= 0.3 is 5.97 Å². The topological polar surface area (TPSA) is 70.1 Å². The minimum Gasteiger partial charge on any atom is -0.483 e. The molecule has 3 rings (SSSR count). The molecule has 2 aromatic carbocycles. The SMILES string of the molecule is Cc1cc(C(=O)O)cc(C)c1OCC(=O)N1CC(C)N(Cc2ccc(F)cc2)CC1C. The predicted molar refractivity (Wildman–Crippen MR) is 116 cm³/mol. The number of aromatic carboxylic acids is 1. The van der Waals surface area contributed by atoms with Gasteiger partial charge in [0.05, 0.1) is 5.56 Å². The van der Waals surface area contributed by atoms with E-state index >= 15 is 0 Å². The molecule has 2 atom stereocenters. The smallest absolute Gasteiger partial charge is 0.335 e. The molecule has 0 aromatic heterocycles. The van der Waals surface area contributed by atoms with Crippen LogP contribution in [-0.4, -0.2) is 58.6 Å². The lowest BCUT2D eigenvalue weighted by Crippen LogP contribution is -2.58. The second kappa shape index (κ2) is 9.47. The van der Waals surface area contributed by atoms with Crippen LogP contribution in [0.2, 0.25) is 0 Å². The van der Waals surface area contributed by atoms with E-state index < -0.39 is 5.97 Å². The standard InChI is InChI=1S/C24H29FN2O4/c1-15-9-20(24(29)30)10-16(2)23(15)31-14-22(28)27-12-17(3)26(11-18(27)4)13-19-5-7-21(25)8-6-19/h5-10,17-18H,11-14H2,1-4H3,(H,29,30). The van der Waals surface area contributed by atoms with Crippen LogP contribution in [0.1, 0.15) is 40.9 Å². The van der Waals surface area contributed by atoms with E-state index in [0.717, 1.165) is 12.1 Å². The van der Waals surface area contributed by atoms with Crippen molar-refractivity contribution in [2.24, 2.45) is 0 Å². The summed E-state index contributed by atoms with van der Waals surface area (Å²) in [6.07, 6.45) is 0. The van der Waals surface area contributed by atoms with E-state index in [1.54, 1.807) is 38.1 Å². The third kappa shape index (κ3) is 5.41. The Morgan fingerprint density at radius 3 is 2.26 bits per heavy atom. The number of carboxylic acids is 1. The fourth-order valence-corrected chi connectivity index (χ4v) is 4.11. The van der Waals surface area contributed by atoms with Gasteiger partial charge in [-0.3, -0.25) is 9.69 Å². The first-order valence-electron chi connectivity index (χ1n) is 10.4. The monoisotopic (exact) mass is 428 g/mol. The first-order valence-corrected chi connectivity index (χ1v) is 10.4. The van der Waals surface area contributed by atoms with E-state index in [9.17, 15) is 19.1 Å². The van der Waals surface area contributed by atoms with E-state index in [1.807, 2.05) is 11.8 Å². The average molecular weight is 429 g/mol. The molecule has 1 aliphatic heterocycles. The van der Waals surface area contributed by atoms with Gasteiger partial charge in [-0.15, -0.1) is 0 Å². The van der Waals surface area contributed by atoms with Crippen LogP contribution < -0.4 is 4.74 Å².